The fourth-order valence-corrected chi connectivity index (χ4v) is 7.33. The third kappa shape index (κ3) is 2.05. The number of carbonyl (C=O) groups is 2. The highest BCUT2D eigenvalue weighted by atomic mass is 16.1. The van der Waals surface area contributed by atoms with Gasteiger partial charge in [-0.1, -0.05) is 6.92 Å². The summed E-state index contributed by atoms with van der Waals surface area (Å²) in [5, 5.41) is 0. The highest BCUT2D eigenvalue weighted by Gasteiger charge is 2.57. The highest BCUT2D eigenvalue weighted by Crippen LogP contribution is 2.64. The van der Waals surface area contributed by atoms with Gasteiger partial charge in [-0.15, -0.1) is 0 Å². The molecule has 5 unspecified atom stereocenters. The molecule has 4 aliphatic rings. The van der Waals surface area contributed by atoms with Crippen molar-refractivity contribution < 1.29 is 9.59 Å². The Morgan fingerprint density at radius 3 is 2.59 bits per heavy atom. The van der Waals surface area contributed by atoms with Gasteiger partial charge in [0.05, 0.1) is 0 Å². The molecule has 0 spiro atoms. The molecule has 4 fully saturated rings. The van der Waals surface area contributed by atoms with Crippen molar-refractivity contribution in [2.24, 2.45) is 40.9 Å². The first-order chi connectivity index (χ1) is 10.5. The average molecular weight is 302 g/mol. The van der Waals surface area contributed by atoms with Crippen LogP contribution in [-0.2, 0) is 9.59 Å². The SMILES string of the molecule is CC(=O)[C@H]1CCC2C3CCC4CC(=O)CCC4C3CC[C@@]21C. The fourth-order valence-electron chi connectivity index (χ4n) is 7.33. The topological polar surface area (TPSA) is 34.1 Å². The van der Waals surface area contributed by atoms with Gasteiger partial charge in [-0.3, -0.25) is 9.59 Å². The average Bonchev–Trinajstić information content (AvgIpc) is 2.84. The summed E-state index contributed by atoms with van der Waals surface area (Å²) in [4.78, 5) is 23.9. The number of ketones is 2. The summed E-state index contributed by atoms with van der Waals surface area (Å²) in [5.74, 6) is 5.25. The van der Waals surface area contributed by atoms with E-state index >= 15 is 0 Å². The van der Waals surface area contributed by atoms with E-state index in [-0.39, 0.29) is 5.41 Å². The first-order valence-corrected chi connectivity index (χ1v) is 9.53. The molecule has 4 aliphatic carbocycles. The number of hydrogen-bond acceptors (Lipinski definition) is 2. The summed E-state index contributed by atoms with van der Waals surface area (Å²) >= 11 is 0. The lowest BCUT2D eigenvalue weighted by molar-refractivity contribution is -0.132. The zero-order valence-electron chi connectivity index (χ0n) is 14.1. The second-order valence-corrected chi connectivity index (χ2v) is 9.00. The van der Waals surface area contributed by atoms with Crippen LogP contribution in [0.25, 0.3) is 0 Å². The lowest BCUT2D eigenvalue weighted by atomic mass is 9.49. The van der Waals surface area contributed by atoms with E-state index in [1.807, 2.05) is 6.92 Å². The van der Waals surface area contributed by atoms with E-state index in [9.17, 15) is 9.59 Å². The van der Waals surface area contributed by atoms with E-state index in [2.05, 4.69) is 6.92 Å². The summed E-state index contributed by atoms with van der Waals surface area (Å²) in [6.45, 7) is 4.23. The van der Waals surface area contributed by atoms with Crippen LogP contribution in [-0.4, -0.2) is 11.6 Å². The van der Waals surface area contributed by atoms with Crippen molar-refractivity contribution in [3.05, 3.63) is 0 Å². The van der Waals surface area contributed by atoms with Gasteiger partial charge >= 0.3 is 0 Å². The molecule has 4 saturated carbocycles. The molecule has 22 heavy (non-hydrogen) atoms. The molecule has 0 bridgehead atoms. The van der Waals surface area contributed by atoms with E-state index in [4.69, 9.17) is 0 Å². The highest BCUT2D eigenvalue weighted by molar-refractivity contribution is 5.80. The van der Waals surface area contributed by atoms with Crippen LogP contribution in [0.3, 0.4) is 0 Å². The number of hydrogen-bond donors (Lipinski definition) is 0. The quantitative estimate of drug-likeness (QED) is 0.719. The number of carbonyl (C=O) groups excluding carboxylic acids is 2. The van der Waals surface area contributed by atoms with Crippen molar-refractivity contribution >= 4 is 11.6 Å². The predicted octanol–water partition coefficient (Wildman–Crippen LogP) is 4.41. The Hall–Kier alpha value is -0.660. The first kappa shape index (κ1) is 14.9. The molecule has 0 N–H and O–H groups in total. The molecule has 0 aromatic rings. The van der Waals surface area contributed by atoms with Crippen LogP contribution in [0.2, 0.25) is 0 Å². The zero-order valence-corrected chi connectivity index (χ0v) is 14.1. The maximum Gasteiger partial charge on any atom is 0.133 e. The molecule has 0 heterocycles. The standard InChI is InChI=1S/C20H30O2/c1-12(21)18-7-8-19-17-5-3-13-11-14(22)4-6-15(13)16(17)9-10-20(18,19)2/h13,15-19H,3-11H2,1-2H3/t13?,15?,16?,17?,18-,19?,20-/m1/s1. The van der Waals surface area contributed by atoms with Crippen molar-refractivity contribution in [2.75, 3.05) is 0 Å². The van der Waals surface area contributed by atoms with Crippen LogP contribution in [0, 0.1) is 40.9 Å². The van der Waals surface area contributed by atoms with Crippen LogP contribution >= 0.6 is 0 Å². The Morgan fingerprint density at radius 2 is 1.82 bits per heavy atom. The molecule has 7 atom stereocenters. The lowest BCUT2D eigenvalue weighted by Crippen LogP contribution is -2.49. The second kappa shape index (κ2) is 5.18. The molecule has 0 amide bonds. The Kier molecular flexibility index (Phi) is 3.51. The smallest absolute Gasteiger partial charge is 0.133 e. The van der Waals surface area contributed by atoms with Gasteiger partial charge < -0.3 is 0 Å². The van der Waals surface area contributed by atoms with Crippen molar-refractivity contribution in [3.8, 4) is 0 Å². The maximum absolute atomic E-state index is 12.1. The van der Waals surface area contributed by atoms with Gasteiger partial charge in [0.15, 0.2) is 0 Å². The summed E-state index contributed by atoms with van der Waals surface area (Å²) in [6.07, 6.45) is 10.4. The molecule has 0 aromatic carbocycles. The molecule has 0 radical (unpaired) electrons. The van der Waals surface area contributed by atoms with Gasteiger partial charge in [0.2, 0.25) is 0 Å². The molecule has 2 heteroatoms. The lowest BCUT2D eigenvalue weighted by Gasteiger charge is -2.55. The van der Waals surface area contributed by atoms with Crippen LogP contribution in [0.15, 0.2) is 0 Å². The predicted molar refractivity (Wildman–Crippen MR) is 86.3 cm³/mol. The maximum atomic E-state index is 12.1. The van der Waals surface area contributed by atoms with Gasteiger partial charge in [-0.25, -0.2) is 0 Å². The van der Waals surface area contributed by atoms with E-state index < -0.39 is 0 Å². The van der Waals surface area contributed by atoms with E-state index in [0.29, 0.717) is 23.4 Å². The van der Waals surface area contributed by atoms with Crippen LogP contribution < -0.4 is 0 Å². The van der Waals surface area contributed by atoms with E-state index in [0.717, 1.165) is 49.4 Å². The largest absolute Gasteiger partial charge is 0.300 e. The Bertz CT molecular complexity index is 496. The Morgan fingerprint density at radius 1 is 1.00 bits per heavy atom. The molecule has 2 nitrogen and oxygen atoms in total. The van der Waals surface area contributed by atoms with Crippen LogP contribution in [0.4, 0.5) is 0 Å². The monoisotopic (exact) mass is 302 g/mol. The van der Waals surface area contributed by atoms with Gasteiger partial charge in [0, 0.05) is 18.8 Å². The molecule has 0 aromatic heterocycles. The van der Waals surface area contributed by atoms with Crippen molar-refractivity contribution in [2.45, 2.75) is 71.6 Å². The normalized spacial score (nSPS) is 50.9. The third-order valence-corrected chi connectivity index (χ3v) is 8.26. The third-order valence-electron chi connectivity index (χ3n) is 8.26. The molecular formula is C20H30O2. The molecule has 4 rings (SSSR count). The van der Waals surface area contributed by atoms with E-state index in [1.54, 1.807) is 0 Å². The minimum absolute atomic E-state index is 0.282. The van der Waals surface area contributed by atoms with Crippen LogP contribution in [0.5, 0.6) is 0 Å². The zero-order chi connectivity index (χ0) is 15.5. The summed E-state index contributed by atoms with van der Waals surface area (Å²) in [6, 6.07) is 0. The van der Waals surface area contributed by atoms with Crippen LogP contribution in [0.1, 0.15) is 71.6 Å². The molecular weight excluding hydrogens is 272 g/mol. The van der Waals surface area contributed by atoms with Gasteiger partial charge in [-0.2, -0.15) is 0 Å². The summed E-state index contributed by atoms with van der Waals surface area (Å²) < 4.78 is 0. The molecule has 0 aliphatic heterocycles. The minimum Gasteiger partial charge on any atom is -0.300 e. The molecule has 0 saturated heterocycles. The Balaban J connectivity index is 1.58. The first-order valence-electron chi connectivity index (χ1n) is 9.53. The second-order valence-electron chi connectivity index (χ2n) is 9.00. The van der Waals surface area contributed by atoms with Crippen molar-refractivity contribution in [1.82, 2.24) is 0 Å². The Labute approximate surface area is 134 Å². The molecule has 122 valence electrons. The van der Waals surface area contributed by atoms with Gasteiger partial charge in [-0.05, 0) is 86.9 Å². The fraction of sp³-hybridized carbons (Fsp3) is 0.900. The van der Waals surface area contributed by atoms with Gasteiger partial charge in [0.25, 0.3) is 0 Å². The summed E-state index contributed by atoms with van der Waals surface area (Å²) in [7, 11) is 0. The van der Waals surface area contributed by atoms with Crippen molar-refractivity contribution in [1.29, 1.82) is 0 Å². The van der Waals surface area contributed by atoms with Crippen molar-refractivity contribution in [3.63, 3.8) is 0 Å². The van der Waals surface area contributed by atoms with Gasteiger partial charge in [0.1, 0.15) is 11.6 Å². The number of rotatable bonds is 1. The number of Topliss-reactive ketones (excluding diaryl/α,β-unsaturated/α-hetero) is 2. The summed E-state index contributed by atoms with van der Waals surface area (Å²) in [5.41, 5.74) is 0.282. The minimum atomic E-state index is 0.282. The van der Waals surface area contributed by atoms with E-state index in [1.165, 1.54) is 32.1 Å². The number of fused-ring (bicyclic) bond motifs is 5.